The van der Waals surface area contributed by atoms with Gasteiger partial charge < -0.3 is 15.4 Å². The fourth-order valence-electron chi connectivity index (χ4n) is 6.03. The van der Waals surface area contributed by atoms with Gasteiger partial charge in [0.15, 0.2) is 17.5 Å². The number of carboxylic acid groups (broad SMARTS) is 1. The number of hydrogen-bond acceptors (Lipinski definition) is 6. The topological polar surface area (TPSA) is 122 Å². The van der Waals surface area contributed by atoms with Crippen molar-refractivity contribution in [3.63, 3.8) is 0 Å². The third-order valence-electron chi connectivity index (χ3n) is 7.89. The summed E-state index contributed by atoms with van der Waals surface area (Å²) in [5, 5.41) is 17.9. The van der Waals surface area contributed by atoms with Gasteiger partial charge in [0.25, 0.3) is 0 Å². The van der Waals surface area contributed by atoms with Crippen LogP contribution in [0, 0.1) is 29.4 Å². The first-order valence-corrected chi connectivity index (χ1v) is 12.2. The van der Waals surface area contributed by atoms with Crippen molar-refractivity contribution in [3.8, 4) is 22.6 Å². The van der Waals surface area contributed by atoms with Crippen molar-refractivity contribution >= 4 is 22.8 Å². The maximum Gasteiger partial charge on any atom is 0.308 e. The summed E-state index contributed by atoms with van der Waals surface area (Å²) >= 11 is 0. The van der Waals surface area contributed by atoms with E-state index in [0.29, 0.717) is 28.2 Å². The number of fused-ring (bicyclic) bond motifs is 3. The maximum absolute atomic E-state index is 16.0. The first kappa shape index (κ1) is 21.4. The number of anilines is 1. The summed E-state index contributed by atoms with van der Waals surface area (Å²) in [5.41, 5.74) is 1.48. The van der Waals surface area contributed by atoms with Crippen LogP contribution in [0.4, 0.5) is 14.6 Å². The molecule has 0 aliphatic heterocycles. The lowest BCUT2D eigenvalue weighted by Crippen LogP contribution is -2.39. The molecule has 36 heavy (non-hydrogen) atoms. The number of nitrogens with zero attached hydrogens (tertiary/aromatic N) is 5. The average Bonchev–Trinajstić information content (AvgIpc) is 3.23. The van der Waals surface area contributed by atoms with E-state index in [-0.39, 0.29) is 29.2 Å². The van der Waals surface area contributed by atoms with Crippen molar-refractivity contribution in [1.82, 2.24) is 29.7 Å². The first-order chi connectivity index (χ1) is 17.5. The molecule has 9 nitrogen and oxygen atoms in total. The number of halogens is 2. The smallest absolute Gasteiger partial charge is 0.308 e. The molecule has 4 aromatic heterocycles. The normalized spacial score (nSPS) is 25.1. The number of H-pyrrole nitrogens is 1. The molecule has 4 atom stereocenters. The second kappa shape index (κ2) is 7.81. The molecule has 3 fully saturated rings. The van der Waals surface area contributed by atoms with Gasteiger partial charge in [0.2, 0.25) is 0 Å². The number of rotatable bonds is 6. The summed E-state index contributed by atoms with van der Waals surface area (Å²) in [6, 6.07) is 1.21. The quantitative estimate of drug-likeness (QED) is 0.365. The zero-order valence-electron chi connectivity index (χ0n) is 19.2. The predicted molar refractivity (Wildman–Crippen MR) is 126 cm³/mol. The van der Waals surface area contributed by atoms with E-state index in [1.54, 1.807) is 18.6 Å². The molecule has 0 aromatic carbocycles. The summed E-state index contributed by atoms with van der Waals surface area (Å²) < 4.78 is 31.8. The zero-order valence-corrected chi connectivity index (χ0v) is 19.2. The van der Waals surface area contributed by atoms with E-state index in [1.165, 1.54) is 6.07 Å². The molecule has 2 bridgehead atoms. The first-order valence-electron chi connectivity index (χ1n) is 12.2. The Hall–Kier alpha value is -3.89. The van der Waals surface area contributed by atoms with Gasteiger partial charge in [0.1, 0.15) is 17.2 Å². The van der Waals surface area contributed by atoms with Crippen LogP contribution in [0.5, 0.6) is 0 Å². The SMILES string of the molecule is O=C(O)C1C2CCC(C2)C1Nc1nc(-c2c[nH]c3ncc(F)cc23)nc(-c2cnn(C3CC3)c2)c1F. The Morgan fingerprint density at radius 2 is 1.97 bits per heavy atom. The van der Waals surface area contributed by atoms with Gasteiger partial charge in [-0.3, -0.25) is 9.48 Å². The van der Waals surface area contributed by atoms with Crippen LogP contribution in [0.2, 0.25) is 0 Å². The van der Waals surface area contributed by atoms with Crippen molar-refractivity contribution in [2.24, 2.45) is 17.8 Å². The minimum atomic E-state index is -0.876. The van der Waals surface area contributed by atoms with Crippen molar-refractivity contribution in [3.05, 3.63) is 42.5 Å². The molecular weight excluding hydrogens is 468 g/mol. The number of carbonyl (C=O) groups is 1. The molecule has 4 heterocycles. The number of carboxylic acids is 1. The fourth-order valence-corrected chi connectivity index (χ4v) is 6.03. The Balaban J connectivity index is 1.36. The molecule has 0 amide bonds. The lowest BCUT2D eigenvalue weighted by molar-refractivity contribution is -0.143. The van der Waals surface area contributed by atoms with Gasteiger partial charge in [-0.1, -0.05) is 0 Å². The van der Waals surface area contributed by atoms with E-state index < -0.39 is 29.6 Å². The van der Waals surface area contributed by atoms with Crippen molar-refractivity contribution in [2.75, 3.05) is 5.32 Å². The summed E-state index contributed by atoms with van der Waals surface area (Å²) in [4.78, 5) is 28.1. The Labute approximate surface area is 204 Å². The van der Waals surface area contributed by atoms with Crippen molar-refractivity contribution in [1.29, 1.82) is 0 Å². The number of nitrogens with one attached hydrogen (secondary N) is 2. The predicted octanol–water partition coefficient (Wildman–Crippen LogP) is 4.41. The van der Waals surface area contributed by atoms with Crippen LogP contribution in [0.3, 0.4) is 0 Å². The monoisotopic (exact) mass is 491 g/mol. The van der Waals surface area contributed by atoms with Crippen molar-refractivity contribution in [2.45, 2.75) is 44.2 Å². The standard InChI is InChI=1S/C25H23F2N7O2/c26-14-6-16-17(9-29-22(16)28-8-14)23-32-21(13-7-30-34(10-13)15-3-4-15)19(27)24(33-23)31-20-12-2-1-11(5-12)18(20)25(35)36/h6-12,15,18,20H,1-5H2,(H,28,29)(H,35,36)(H,31,32,33). The van der Waals surface area contributed by atoms with Crippen LogP contribution in [-0.2, 0) is 4.79 Å². The Morgan fingerprint density at radius 3 is 2.78 bits per heavy atom. The molecule has 3 aliphatic carbocycles. The molecule has 7 rings (SSSR count). The molecule has 184 valence electrons. The van der Waals surface area contributed by atoms with Gasteiger partial charge >= 0.3 is 5.97 Å². The minimum Gasteiger partial charge on any atom is -0.481 e. The van der Waals surface area contributed by atoms with Gasteiger partial charge in [0, 0.05) is 34.9 Å². The highest BCUT2D eigenvalue weighted by atomic mass is 19.1. The lowest BCUT2D eigenvalue weighted by Gasteiger charge is -2.29. The van der Waals surface area contributed by atoms with Crippen molar-refractivity contribution < 1.29 is 18.7 Å². The van der Waals surface area contributed by atoms with Gasteiger partial charge in [-0.05, 0) is 50.0 Å². The molecule has 11 heteroatoms. The number of aromatic amines is 1. The van der Waals surface area contributed by atoms with E-state index in [0.717, 1.165) is 38.3 Å². The van der Waals surface area contributed by atoms with E-state index in [4.69, 9.17) is 0 Å². The van der Waals surface area contributed by atoms with Crippen LogP contribution in [0.15, 0.2) is 30.9 Å². The maximum atomic E-state index is 16.0. The molecule has 0 radical (unpaired) electrons. The Morgan fingerprint density at radius 1 is 1.14 bits per heavy atom. The van der Waals surface area contributed by atoms with Gasteiger partial charge in [0.05, 0.1) is 24.4 Å². The summed E-state index contributed by atoms with van der Waals surface area (Å²) in [6.07, 6.45) is 10.7. The summed E-state index contributed by atoms with van der Waals surface area (Å²) in [7, 11) is 0. The molecule has 4 aromatic rings. The molecule has 4 unspecified atom stereocenters. The summed E-state index contributed by atoms with van der Waals surface area (Å²) in [6.45, 7) is 0. The number of pyridine rings is 1. The van der Waals surface area contributed by atoms with Gasteiger partial charge in [-0.25, -0.2) is 23.7 Å². The third kappa shape index (κ3) is 3.36. The van der Waals surface area contributed by atoms with Crippen LogP contribution < -0.4 is 5.32 Å². The molecule has 0 spiro atoms. The highest BCUT2D eigenvalue weighted by Crippen LogP contribution is 2.50. The van der Waals surface area contributed by atoms with Gasteiger partial charge in [-0.15, -0.1) is 0 Å². The second-order valence-corrected chi connectivity index (χ2v) is 10.1. The van der Waals surface area contributed by atoms with E-state index in [9.17, 15) is 14.3 Å². The van der Waals surface area contributed by atoms with Crippen LogP contribution in [-0.4, -0.2) is 46.8 Å². The van der Waals surface area contributed by atoms with Crippen LogP contribution in [0.1, 0.15) is 38.1 Å². The van der Waals surface area contributed by atoms with Crippen LogP contribution >= 0.6 is 0 Å². The zero-order chi connectivity index (χ0) is 24.6. The third-order valence-corrected chi connectivity index (χ3v) is 7.89. The molecule has 3 N–H and O–H groups in total. The molecule has 0 saturated heterocycles. The number of hydrogen-bond donors (Lipinski definition) is 3. The van der Waals surface area contributed by atoms with Crippen LogP contribution in [0.25, 0.3) is 33.7 Å². The molecule has 3 saturated carbocycles. The highest BCUT2D eigenvalue weighted by Gasteiger charge is 2.51. The minimum absolute atomic E-state index is 0.0585. The lowest BCUT2D eigenvalue weighted by atomic mass is 9.84. The molecule has 3 aliphatic rings. The number of aliphatic carboxylic acids is 1. The molecular formula is C25H23F2N7O2. The van der Waals surface area contributed by atoms with E-state index >= 15 is 4.39 Å². The number of aromatic nitrogens is 6. The Bertz CT molecular complexity index is 1510. The van der Waals surface area contributed by atoms with E-state index in [2.05, 4.69) is 30.4 Å². The largest absolute Gasteiger partial charge is 0.481 e. The highest BCUT2D eigenvalue weighted by molar-refractivity contribution is 5.92. The average molecular weight is 492 g/mol. The fraction of sp³-hybridized carbons (Fsp3) is 0.400. The Kier molecular flexibility index (Phi) is 4.64. The van der Waals surface area contributed by atoms with Gasteiger partial charge in [-0.2, -0.15) is 5.10 Å². The summed E-state index contributed by atoms with van der Waals surface area (Å²) in [5.74, 6) is -2.31. The van der Waals surface area contributed by atoms with E-state index in [1.807, 2.05) is 4.68 Å². The second-order valence-electron chi connectivity index (χ2n) is 10.1.